The fourth-order valence-electron chi connectivity index (χ4n) is 3.47. The van der Waals surface area contributed by atoms with Crippen LogP contribution in [0.15, 0.2) is 66.0 Å². The van der Waals surface area contributed by atoms with Crippen LogP contribution < -0.4 is 10.3 Å². The minimum Gasteiger partial charge on any atom is -0.474 e. The van der Waals surface area contributed by atoms with Gasteiger partial charge in [0.25, 0.3) is 5.56 Å². The van der Waals surface area contributed by atoms with Crippen LogP contribution in [0.3, 0.4) is 0 Å². The molecule has 1 aliphatic rings. The predicted molar refractivity (Wildman–Crippen MR) is 121 cm³/mol. The van der Waals surface area contributed by atoms with Gasteiger partial charge in [0.15, 0.2) is 0 Å². The number of aryl methyl sites for hydroxylation is 1. The molecule has 0 radical (unpaired) electrons. The molecule has 3 heterocycles. The monoisotopic (exact) mass is 443 g/mol. The van der Waals surface area contributed by atoms with Crippen LogP contribution in [0.4, 0.5) is 0 Å². The highest BCUT2D eigenvalue weighted by Crippen LogP contribution is 2.33. The van der Waals surface area contributed by atoms with Gasteiger partial charge in [0, 0.05) is 54.5 Å². The molecule has 0 aliphatic heterocycles. The van der Waals surface area contributed by atoms with E-state index < -0.39 is 0 Å². The summed E-state index contributed by atoms with van der Waals surface area (Å²) in [4.78, 5) is 16.8. The quantitative estimate of drug-likeness (QED) is 0.457. The van der Waals surface area contributed by atoms with E-state index >= 15 is 0 Å². The van der Waals surface area contributed by atoms with Crippen LogP contribution in [0.5, 0.6) is 5.88 Å². The average molecular weight is 444 g/mol. The molecule has 0 spiro atoms. The van der Waals surface area contributed by atoms with Crippen LogP contribution >= 0.6 is 11.6 Å². The zero-order valence-corrected chi connectivity index (χ0v) is 18.0. The second-order valence-corrected chi connectivity index (χ2v) is 8.08. The molecule has 1 saturated carbocycles. The van der Waals surface area contributed by atoms with Crippen molar-refractivity contribution in [3.8, 4) is 39.9 Å². The van der Waals surface area contributed by atoms with Gasteiger partial charge in [-0.1, -0.05) is 17.7 Å². The van der Waals surface area contributed by atoms with Crippen LogP contribution in [0, 0.1) is 11.3 Å². The minimum atomic E-state index is -0.129. The summed E-state index contributed by atoms with van der Waals surface area (Å²) < 4.78 is 8.86. The number of rotatable bonds is 5. The van der Waals surface area contributed by atoms with Crippen LogP contribution in [-0.4, -0.2) is 25.4 Å². The van der Waals surface area contributed by atoms with E-state index in [-0.39, 0.29) is 11.7 Å². The van der Waals surface area contributed by atoms with Gasteiger partial charge in [0.2, 0.25) is 5.88 Å². The van der Waals surface area contributed by atoms with E-state index in [0.717, 1.165) is 35.1 Å². The van der Waals surface area contributed by atoms with Crippen LogP contribution in [0.1, 0.15) is 18.4 Å². The van der Waals surface area contributed by atoms with Crippen LogP contribution in [-0.2, 0) is 7.05 Å². The van der Waals surface area contributed by atoms with Crippen molar-refractivity contribution in [2.75, 3.05) is 0 Å². The maximum atomic E-state index is 12.4. The van der Waals surface area contributed by atoms with Crippen molar-refractivity contribution in [1.82, 2.24) is 19.3 Å². The second-order valence-electron chi connectivity index (χ2n) is 7.67. The van der Waals surface area contributed by atoms with Crippen molar-refractivity contribution in [3.05, 3.63) is 82.1 Å². The van der Waals surface area contributed by atoms with E-state index in [4.69, 9.17) is 16.3 Å². The molecule has 0 amide bonds. The van der Waals surface area contributed by atoms with Gasteiger partial charge in [-0.25, -0.2) is 9.67 Å². The van der Waals surface area contributed by atoms with Crippen molar-refractivity contribution in [2.45, 2.75) is 18.9 Å². The highest BCUT2D eigenvalue weighted by Gasteiger charge is 2.24. The number of hydrogen-bond acceptors (Lipinski definition) is 5. The Kier molecular flexibility index (Phi) is 5.00. The van der Waals surface area contributed by atoms with Gasteiger partial charge in [-0.05, 0) is 36.6 Å². The normalized spacial score (nSPS) is 13.0. The molecule has 0 unspecified atom stereocenters. The molecule has 32 heavy (non-hydrogen) atoms. The van der Waals surface area contributed by atoms with E-state index in [0.29, 0.717) is 22.2 Å². The van der Waals surface area contributed by atoms with Gasteiger partial charge in [-0.2, -0.15) is 10.4 Å². The fraction of sp³-hybridized carbons (Fsp3) is 0.167. The number of ether oxygens (including phenoxy) is 1. The largest absolute Gasteiger partial charge is 0.474 e. The lowest BCUT2D eigenvalue weighted by Gasteiger charge is -2.11. The molecule has 0 atom stereocenters. The molecule has 7 nitrogen and oxygen atoms in total. The third-order valence-corrected chi connectivity index (χ3v) is 5.65. The Morgan fingerprint density at radius 1 is 1.12 bits per heavy atom. The number of aromatic nitrogens is 4. The number of halogens is 1. The van der Waals surface area contributed by atoms with Gasteiger partial charge in [0.1, 0.15) is 12.2 Å². The maximum Gasteiger partial charge on any atom is 0.250 e. The Labute approximate surface area is 189 Å². The molecule has 4 aromatic rings. The summed E-state index contributed by atoms with van der Waals surface area (Å²) in [5.41, 5.74) is 3.95. The topological polar surface area (TPSA) is 85.7 Å². The lowest BCUT2D eigenvalue weighted by molar-refractivity contribution is 0.291. The zero-order chi connectivity index (χ0) is 22.2. The number of nitriles is 1. The third kappa shape index (κ3) is 3.77. The summed E-state index contributed by atoms with van der Waals surface area (Å²) in [5.74, 6) is 0.583. The van der Waals surface area contributed by atoms with E-state index in [1.807, 2.05) is 18.3 Å². The first-order valence-electron chi connectivity index (χ1n) is 10.1. The van der Waals surface area contributed by atoms with Gasteiger partial charge in [-0.15, -0.1) is 0 Å². The maximum absolute atomic E-state index is 12.4. The van der Waals surface area contributed by atoms with E-state index in [1.165, 1.54) is 4.57 Å². The number of pyridine rings is 2. The number of benzene rings is 1. The predicted octanol–water partition coefficient (Wildman–Crippen LogP) is 4.37. The Balaban J connectivity index is 1.58. The number of nitrogens with zero attached hydrogens (tertiary/aromatic N) is 5. The third-order valence-electron chi connectivity index (χ3n) is 5.33. The Bertz CT molecular complexity index is 1410. The van der Waals surface area contributed by atoms with Crippen molar-refractivity contribution in [2.24, 2.45) is 7.05 Å². The fourth-order valence-corrected chi connectivity index (χ4v) is 3.68. The smallest absolute Gasteiger partial charge is 0.250 e. The van der Waals surface area contributed by atoms with Gasteiger partial charge < -0.3 is 9.30 Å². The molecule has 158 valence electrons. The first kappa shape index (κ1) is 20.0. The van der Waals surface area contributed by atoms with Crippen LogP contribution in [0.25, 0.3) is 27.9 Å². The summed E-state index contributed by atoms with van der Waals surface area (Å²) >= 11 is 6.18. The van der Waals surface area contributed by atoms with Gasteiger partial charge >= 0.3 is 0 Å². The van der Waals surface area contributed by atoms with Crippen molar-refractivity contribution >= 4 is 11.6 Å². The Morgan fingerprint density at radius 2 is 1.97 bits per heavy atom. The van der Waals surface area contributed by atoms with E-state index in [1.54, 1.807) is 54.6 Å². The first-order valence-corrected chi connectivity index (χ1v) is 10.5. The van der Waals surface area contributed by atoms with E-state index in [2.05, 4.69) is 16.2 Å². The lowest BCUT2D eigenvalue weighted by Crippen LogP contribution is -2.15. The minimum absolute atomic E-state index is 0.129. The number of hydrogen-bond donors (Lipinski definition) is 0. The summed E-state index contributed by atoms with van der Waals surface area (Å²) in [6.45, 7) is 0. The molecule has 8 heteroatoms. The summed E-state index contributed by atoms with van der Waals surface area (Å²) in [5, 5.41) is 14.3. The van der Waals surface area contributed by atoms with Crippen LogP contribution in [0.2, 0.25) is 5.02 Å². The molecule has 0 bridgehead atoms. The molecule has 5 rings (SSSR count). The summed E-state index contributed by atoms with van der Waals surface area (Å²) in [6, 6.07) is 12.7. The zero-order valence-electron chi connectivity index (χ0n) is 17.2. The van der Waals surface area contributed by atoms with Crippen molar-refractivity contribution < 1.29 is 4.74 Å². The highest BCUT2D eigenvalue weighted by molar-refractivity contribution is 6.32. The van der Waals surface area contributed by atoms with Crippen molar-refractivity contribution in [1.29, 1.82) is 5.26 Å². The molecule has 1 aromatic carbocycles. The Morgan fingerprint density at radius 3 is 2.69 bits per heavy atom. The average Bonchev–Trinajstić information content (AvgIpc) is 3.47. The van der Waals surface area contributed by atoms with Gasteiger partial charge in [0.05, 0.1) is 22.5 Å². The van der Waals surface area contributed by atoms with Crippen molar-refractivity contribution in [3.63, 3.8) is 0 Å². The Hall–Kier alpha value is -3.89. The second kappa shape index (κ2) is 7.98. The van der Waals surface area contributed by atoms with E-state index in [9.17, 15) is 10.1 Å². The molecule has 0 N–H and O–H groups in total. The molecular weight excluding hydrogens is 426 g/mol. The van der Waals surface area contributed by atoms with Gasteiger partial charge in [-0.3, -0.25) is 4.79 Å². The lowest BCUT2D eigenvalue weighted by atomic mass is 9.99. The molecule has 0 saturated heterocycles. The highest BCUT2D eigenvalue weighted by atomic mass is 35.5. The standard InChI is InChI=1S/C24H18ClN5O2/c1-29-14-20(16-12-28-30(13-16)22-4-2-3-21(25)19(22)10-26)18(9-24(29)31)15-5-8-23(27-11-15)32-17-6-7-17/h2-5,8-9,11-14,17H,6-7H2,1H3. The first-order chi connectivity index (χ1) is 15.5. The molecule has 3 aromatic heterocycles. The SMILES string of the molecule is Cn1cc(-c2cnn(-c3cccc(Cl)c3C#N)c2)c(-c2ccc(OC3CC3)nc2)cc1=O. The molecular formula is C24H18ClN5O2. The summed E-state index contributed by atoms with van der Waals surface area (Å²) in [6.07, 6.45) is 9.39. The molecule has 1 aliphatic carbocycles. The summed E-state index contributed by atoms with van der Waals surface area (Å²) in [7, 11) is 1.70. The molecule has 1 fully saturated rings.